The maximum atomic E-state index is 13.2. The Hall–Kier alpha value is -1.88. The van der Waals surface area contributed by atoms with E-state index in [4.69, 9.17) is 0 Å². The molecule has 0 aliphatic carbocycles. The Balaban J connectivity index is 1.46. The van der Waals surface area contributed by atoms with E-state index in [-0.39, 0.29) is 11.8 Å². The molecular formula is C20H27N3O2. The van der Waals surface area contributed by atoms with Crippen molar-refractivity contribution >= 4 is 11.8 Å². The van der Waals surface area contributed by atoms with E-state index in [1.807, 2.05) is 42.2 Å². The Morgan fingerprint density at radius 3 is 2.44 bits per heavy atom. The Labute approximate surface area is 149 Å². The molecule has 4 rings (SSSR count). The molecule has 5 heteroatoms. The molecule has 3 atom stereocenters. The summed E-state index contributed by atoms with van der Waals surface area (Å²) in [6.45, 7) is 7.13. The highest BCUT2D eigenvalue weighted by molar-refractivity contribution is 5.95. The van der Waals surface area contributed by atoms with Crippen LogP contribution in [-0.4, -0.2) is 60.9 Å². The predicted octanol–water partition coefficient (Wildman–Crippen LogP) is 1.61. The van der Waals surface area contributed by atoms with Gasteiger partial charge in [-0.05, 0) is 43.7 Å². The van der Waals surface area contributed by atoms with Crippen LogP contribution in [0.25, 0.3) is 0 Å². The minimum atomic E-state index is -0.450. The maximum absolute atomic E-state index is 13.2. The predicted molar refractivity (Wildman–Crippen MR) is 96.1 cm³/mol. The van der Waals surface area contributed by atoms with Gasteiger partial charge in [-0.15, -0.1) is 0 Å². The molecular weight excluding hydrogens is 314 g/mol. The lowest BCUT2D eigenvalue weighted by Gasteiger charge is -2.41. The van der Waals surface area contributed by atoms with Gasteiger partial charge in [0.25, 0.3) is 5.91 Å². The largest absolute Gasteiger partial charge is 0.341 e. The van der Waals surface area contributed by atoms with Crippen LogP contribution in [0.3, 0.4) is 0 Å². The Morgan fingerprint density at radius 1 is 1.08 bits per heavy atom. The third-order valence-electron chi connectivity index (χ3n) is 6.20. The average molecular weight is 341 g/mol. The average Bonchev–Trinajstić information content (AvgIpc) is 3.23. The molecule has 2 amide bonds. The van der Waals surface area contributed by atoms with Crippen LogP contribution in [0.5, 0.6) is 0 Å². The van der Waals surface area contributed by atoms with Crippen LogP contribution >= 0.6 is 0 Å². The standard InChI is InChI=1S/C20H27N3O2/c1-20(19(25)23-12-16-10-21-11-17(16)13-23)8-5-9-22(14-20)18(24)15-6-3-2-4-7-15/h2-4,6-7,16-17,21H,5,8-14H2,1H3/t16-,17+,20?. The first-order valence-electron chi connectivity index (χ1n) is 9.41. The zero-order valence-electron chi connectivity index (χ0n) is 14.9. The summed E-state index contributed by atoms with van der Waals surface area (Å²) >= 11 is 0. The van der Waals surface area contributed by atoms with Gasteiger partial charge in [0.15, 0.2) is 0 Å². The van der Waals surface area contributed by atoms with Gasteiger partial charge in [0.1, 0.15) is 0 Å². The van der Waals surface area contributed by atoms with Crippen molar-refractivity contribution in [2.24, 2.45) is 17.3 Å². The topological polar surface area (TPSA) is 52.7 Å². The van der Waals surface area contributed by atoms with Gasteiger partial charge in [-0.1, -0.05) is 18.2 Å². The molecule has 3 saturated heterocycles. The van der Waals surface area contributed by atoms with Crippen molar-refractivity contribution in [1.29, 1.82) is 0 Å². The molecule has 3 fully saturated rings. The number of carbonyl (C=O) groups excluding carboxylic acids is 2. The fourth-order valence-electron chi connectivity index (χ4n) is 4.75. The van der Waals surface area contributed by atoms with Crippen LogP contribution in [0.15, 0.2) is 30.3 Å². The number of rotatable bonds is 2. The second-order valence-electron chi connectivity index (χ2n) is 8.15. The molecule has 1 unspecified atom stereocenters. The van der Waals surface area contributed by atoms with E-state index in [1.165, 1.54) is 0 Å². The minimum Gasteiger partial charge on any atom is -0.341 e. The number of carbonyl (C=O) groups is 2. The smallest absolute Gasteiger partial charge is 0.253 e. The summed E-state index contributed by atoms with van der Waals surface area (Å²) in [7, 11) is 0. The van der Waals surface area contributed by atoms with E-state index in [1.54, 1.807) is 0 Å². The molecule has 3 heterocycles. The molecule has 3 aliphatic heterocycles. The Morgan fingerprint density at radius 2 is 1.76 bits per heavy atom. The summed E-state index contributed by atoms with van der Waals surface area (Å²) in [4.78, 5) is 29.9. The fraction of sp³-hybridized carbons (Fsp3) is 0.600. The summed E-state index contributed by atoms with van der Waals surface area (Å²) in [5, 5.41) is 3.42. The van der Waals surface area contributed by atoms with Crippen molar-refractivity contribution in [3.63, 3.8) is 0 Å². The molecule has 134 valence electrons. The number of likely N-dealkylation sites (tertiary alicyclic amines) is 2. The van der Waals surface area contributed by atoms with Crippen molar-refractivity contribution in [2.75, 3.05) is 39.3 Å². The molecule has 1 aromatic carbocycles. The number of hydrogen-bond donors (Lipinski definition) is 1. The van der Waals surface area contributed by atoms with Gasteiger partial charge in [-0.25, -0.2) is 0 Å². The van der Waals surface area contributed by atoms with Gasteiger partial charge >= 0.3 is 0 Å². The van der Waals surface area contributed by atoms with Crippen LogP contribution in [0.2, 0.25) is 0 Å². The second kappa shape index (κ2) is 6.45. The Kier molecular flexibility index (Phi) is 4.28. The molecule has 1 N–H and O–H groups in total. The lowest BCUT2D eigenvalue weighted by Crippen LogP contribution is -2.53. The van der Waals surface area contributed by atoms with E-state index >= 15 is 0 Å². The monoisotopic (exact) mass is 341 g/mol. The molecule has 1 aromatic rings. The quantitative estimate of drug-likeness (QED) is 0.889. The molecule has 0 saturated carbocycles. The van der Waals surface area contributed by atoms with Gasteiger partial charge in [0.05, 0.1) is 5.41 Å². The van der Waals surface area contributed by atoms with Crippen molar-refractivity contribution < 1.29 is 9.59 Å². The number of nitrogens with zero attached hydrogens (tertiary/aromatic N) is 2. The van der Waals surface area contributed by atoms with Gasteiger partial charge in [0.2, 0.25) is 5.91 Å². The summed E-state index contributed by atoms with van der Waals surface area (Å²) < 4.78 is 0. The number of hydrogen-bond acceptors (Lipinski definition) is 3. The number of benzene rings is 1. The molecule has 0 bridgehead atoms. The zero-order valence-corrected chi connectivity index (χ0v) is 14.9. The van der Waals surface area contributed by atoms with E-state index in [0.717, 1.165) is 45.6 Å². The first kappa shape index (κ1) is 16.6. The van der Waals surface area contributed by atoms with Gasteiger partial charge < -0.3 is 15.1 Å². The van der Waals surface area contributed by atoms with Crippen molar-refractivity contribution in [2.45, 2.75) is 19.8 Å². The van der Waals surface area contributed by atoms with Crippen molar-refractivity contribution in [3.8, 4) is 0 Å². The maximum Gasteiger partial charge on any atom is 0.253 e. The summed E-state index contributed by atoms with van der Waals surface area (Å²) in [6, 6.07) is 9.40. The molecule has 25 heavy (non-hydrogen) atoms. The van der Waals surface area contributed by atoms with Crippen LogP contribution in [0.1, 0.15) is 30.1 Å². The fourth-order valence-corrected chi connectivity index (χ4v) is 4.75. The SMILES string of the molecule is CC1(C(=O)N2C[C@H]3CNC[C@H]3C2)CCCN(C(=O)c2ccccc2)C1. The highest BCUT2D eigenvalue weighted by Crippen LogP contribution is 2.36. The van der Waals surface area contributed by atoms with Crippen LogP contribution in [0, 0.1) is 17.3 Å². The highest BCUT2D eigenvalue weighted by atomic mass is 16.2. The summed E-state index contributed by atoms with van der Waals surface area (Å²) in [6.07, 6.45) is 1.76. The van der Waals surface area contributed by atoms with Gasteiger partial charge in [0, 0.05) is 44.8 Å². The minimum absolute atomic E-state index is 0.0433. The summed E-state index contributed by atoms with van der Waals surface area (Å²) in [5.41, 5.74) is 0.260. The van der Waals surface area contributed by atoms with Gasteiger partial charge in [-0.2, -0.15) is 0 Å². The summed E-state index contributed by atoms with van der Waals surface area (Å²) in [5.74, 6) is 1.51. The van der Waals surface area contributed by atoms with Crippen LogP contribution in [0.4, 0.5) is 0 Å². The lowest BCUT2D eigenvalue weighted by atomic mass is 9.80. The molecule has 5 nitrogen and oxygen atoms in total. The van der Waals surface area contributed by atoms with Crippen molar-refractivity contribution in [3.05, 3.63) is 35.9 Å². The van der Waals surface area contributed by atoms with E-state index in [0.29, 0.717) is 23.9 Å². The van der Waals surface area contributed by atoms with Crippen LogP contribution in [-0.2, 0) is 4.79 Å². The third kappa shape index (κ3) is 3.06. The van der Waals surface area contributed by atoms with Crippen LogP contribution < -0.4 is 5.32 Å². The normalized spacial score (nSPS) is 31.9. The first-order chi connectivity index (χ1) is 12.1. The number of fused-ring (bicyclic) bond motifs is 1. The van der Waals surface area contributed by atoms with Gasteiger partial charge in [-0.3, -0.25) is 9.59 Å². The molecule has 0 radical (unpaired) electrons. The molecule has 0 spiro atoms. The number of piperidine rings is 1. The Bertz CT molecular complexity index is 650. The van der Waals surface area contributed by atoms with Crippen molar-refractivity contribution in [1.82, 2.24) is 15.1 Å². The van der Waals surface area contributed by atoms with E-state index in [2.05, 4.69) is 10.2 Å². The van der Waals surface area contributed by atoms with E-state index < -0.39 is 5.41 Å². The highest BCUT2D eigenvalue weighted by Gasteiger charge is 2.46. The first-order valence-corrected chi connectivity index (χ1v) is 9.41. The zero-order chi connectivity index (χ0) is 17.4. The number of amides is 2. The molecule has 3 aliphatic rings. The number of nitrogens with one attached hydrogen (secondary N) is 1. The van der Waals surface area contributed by atoms with E-state index in [9.17, 15) is 9.59 Å². The molecule has 0 aromatic heterocycles. The third-order valence-corrected chi connectivity index (χ3v) is 6.20. The lowest BCUT2D eigenvalue weighted by molar-refractivity contribution is -0.143. The second-order valence-corrected chi connectivity index (χ2v) is 8.15.